The fourth-order valence-electron chi connectivity index (χ4n) is 2.55. The van der Waals surface area contributed by atoms with E-state index < -0.39 is 0 Å². The molecule has 0 fully saturated rings. The van der Waals surface area contributed by atoms with Crippen LogP contribution in [0.3, 0.4) is 0 Å². The molecule has 0 saturated carbocycles. The lowest BCUT2D eigenvalue weighted by atomic mass is 9.87. The summed E-state index contributed by atoms with van der Waals surface area (Å²) in [7, 11) is 0. The van der Waals surface area contributed by atoms with Crippen LogP contribution in [0.4, 0.5) is 5.13 Å². The molecule has 0 spiro atoms. The number of hydrogen-bond donors (Lipinski definition) is 1. The molecule has 3 aromatic rings. The molecule has 1 N–H and O–H groups in total. The van der Waals surface area contributed by atoms with E-state index in [0.29, 0.717) is 17.3 Å². The van der Waals surface area contributed by atoms with Gasteiger partial charge < -0.3 is 4.74 Å². The van der Waals surface area contributed by atoms with Gasteiger partial charge in [-0.05, 0) is 47.7 Å². The zero-order valence-electron chi connectivity index (χ0n) is 16.1. The molecular formula is C22H24N2O2S. The molecule has 1 heterocycles. The second-order valence-corrected chi connectivity index (χ2v) is 8.37. The van der Waals surface area contributed by atoms with Crippen molar-refractivity contribution in [3.63, 3.8) is 0 Å². The van der Waals surface area contributed by atoms with Gasteiger partial charge in [-0.1, -0.05) is 45.0 Å². The van der Waals surface area contributed by atoms with E-state index in [9.17, 15) is 4.79 Å². The normalized spacial score (nSPS) is 11.3. The van der Waals surface area contributed by atoms with Gasteiger partial charge in [-0.3, -0.25) is 10.1 Å². The monoisotopic (exact) mass is 380 g/mol. The zero-order valence-corrected chi connectivity index (χ0v) is 16.9. The van der Waals surface area contributed by atoms with Crippen molar-refractivity contribution in [1.82, 2.24) is 4.98 Å². The Bertz CT molecular complexity index is 907. The Hall–Kier alpha value is -2.66. The summed E-state index contributed by atoms with van der Waals surface area (Å²) < 4.78 is 5.85. The van der Waals surface area contributed by atoms with Crippen LogP contribution < -0.4 is 10.1 Å². The van der Waals surface area contributed by atoms with E-state index in [4.69, 9.17) is 4.74 Å². The molecule has 140 valence electrons. The van der Waals surface area contributed by atoms with Crippen molar-refractivity contribution in [3.05, 3.63) is 76.3 Å². The number of nitrogens with zero attached hydrogens (tertiary/aromatic N) is 1. The van der Waals surface area contributed by atoms with Gasteiger partial charge in [0.15, 0.2) is 5.13 Å². The number of benzene rings is 2. The summed E-state index contributed by atoms with van der Waals surface area (Å²) in [5.41, 5.74) is 3.92. The zero-order chi connectivity index (χ0) is 19.4. The maximum Gasteiger partial charge on any atom is 0.257 e. The largest absolute Gasteiger partial charge is 0.489 e. The Morgan fingerprint density at radius 3 is 2.30 bits per heavy atom. The number of aromatic nitrogens is 1. The van der Waals surface area contributed by atoms with E-state index in [1.165, 1.54) is 16.9 Å². The highest BCUT2D eigenvalue weighted by molar-refractivity contribution is 7.13. The van der Waals surface area contributed by atoms with Crippen LogP contribution in [0, 0.1) is 6.92 Å². The van der Waals surface area contributed by atoms with Crippen LogP contribution in [0.25, 0.3) is 0 Å². The van der Waals surface area contributed by atoms with Gasteiger partial charge in [0.25, 0.3) is 5.91 Å². The standard InChI is InChI=1S/C22H24N2O2S/c1-15-14-27-21(23-15)24-20(25)17-7-5-16(6-8-17)13-26-19-11-9-18(10-12-19)22(2,3)4/h5-12,14H,13H2,1-4H3,(H,23,24,25). The highest BCUT2D eigenvalue weighted by atomic mass is 32.1. The molecule has 0 saturated heterocycles. The molecule has 27 heavy (non-hydrogen) atoms. The Balaban J connectivity index is 1.56. The van der Waals surface area contributed by atoms with Gasteiger partial charge in [-0.25, -0.2) is 4.98 Å². The number of rotatable bonds is 5. The number of hydrogen-bond acceptors (Lipinski definition) is 4. The fraction of sp³-hybridized carbons (Fsp3) is 0.273. The van der Waals surface area contributed by atoms with Crippen molar-refractivity contribution >= 4 is 22.4 Å². The van der Waals surface area contributed by atoms with Gasteiger partial charge in [-0.2, -0.15) is 0 Å². The Morgan fingerprint density at radius 1 is 1.07 bits per heavy atom. The molecule has 3 rings (SSSR count). The molecule has 2 aromatic carbocycles. The van der Waals surface area contributed by atoms with Crippen molar-refractivity contribution in [3.8, 4) is 5.75 Å². The third kappa shape index (κ3) is 5.17. The second-order valence-electron chi connectivity index (χ2n) is 7.51. The second kappa shape index (κ2) is 7.92. The van der Waals surface area contributed by atoms with Gasteiger partial charge in [0.05, 0.1) is 5.69 Å². The van der Waals surface area contributed by atoms with Crippen LogP contribution in [0.2, 0.25) is 0 Å². The summed E-state index contributed by atoms with van der Waals surface area (Å²) in [6.45, 7) is 8.93. The minimum absolute atomic E-state index is 0.131. The van der Waals surface area contributed by atoms with Crippen LogP contribution >= 0.6 is 11.3 Å². The highest BCUT2D eigenvalue weighted by Gasteiger charge is 2.13. The third-order valence-electron chi connectivity index (χ3n) is 4.18. The average molecular weight is 381 g/mol. The van der Waals surface area contributed by atoms with E-state index in [2.05, 4.69) is 43.2 Å². The molecule has 4 nitrogen and oxygen atoms in total. The van der Waals surface area contributed by atoms with E-state index in [1.807, 2.05) is 36.6 Å². The first-order chi connectivity index (χ1) is 12.8. The molecule has 0 unspecified atom stereocenters. The predicted octanol–water partition coefficient (Wildman–Crippen LogP) is 5.58. The van der Waals surface area contributed by atoms with E-state index in [0.717, 1.165) is 17.0 Å². The number of nitrogens with one attached hydrogen (secondary N) is 1. The van der Waals surface area contributed by atoms with Gasteiger partial charge in [0, 0.05) is 10.9 Å². The van der Waals surface area contributed by atoms with Gasteiger partial charge >= 0.3 is 0 Å². The third-order valence-corrected chi connectivity index (χ3v) is 5.06. The lowest BCUT2D eigenvalue weighted by Gasteiger charge is -2.19. The number of thiazole rings is 1. The van der Waals surface area contributed by atoms with Crippen LogP contribution in [0.1, 0.15) is 48.0 Å². The summed E-state index contributed by atoms with van der Waals surface area (Å²) in [5.74, 6) is 0.679. The number of aryl methyl sites for hydroxylation is 1. The van der Waals surface area contributed by atoms with Crippen molar-refractivity contribution in [2.45, 2.75) is 39.7 Å². The molecule has 0 bridgehead atoms. The minimum Gasteiger partial charge on any atom is -0.489 e. The topological polar surface area (TPSA) is 51.2 Å². The number of amides is 1. The van der Waals surface area contributed by atoms with E-state index in [-0.39, 0.29) is 11.3 Å². The van der Waals surface area contributed by atoms with Crippen LogP contribution in [-0.4, -0.2) is 10.9 Å². The number of ether oxygens (including phenoxy) is 1. The maximum absolute atomic E-state index is 12.3. The molecule has 0 aliphatic rings. The SMILES string of the molecule is Cc1csc(NC(=O)c2ccc(COc3ccc(C(C)(C)C)cc3)cc2)n1. The quantitative estimate of drug-likeness (QED) is 0.628. The minimum atomic E-state index is -0.158. The molecule has 5 heteroatoms. The van der Waals surface area contributed by atoms with E-state index >= 15 is 0 Å². The average Bonchev–Trinajstić information content (AvgIpc) is 3.04. The summed E-state index contributed by atoms with van der Waals surface area (Å²) in [6, 6.07) is 15.6. The molecule has 0 aliphatic carbocycles. The Morgan fingerprint density at radius 2 is 1.74 bits per heavy atom. The molecule has 1 aromatic heterocycles. The van der Waals surface area contributed by atoms with Crippen molar-refractivity contribution in [1.29, 1.82) is 0 Å². The molecule has 0 atom stereocenters. The van der Waals surface area contributed by atoms with Gasteiger partial charge in [-0.15, -0.1) is 11.3 Å². The molecule has 1 amide bonds. The van der Waals surface area contributed by atoms with Crippen molar-refractivity contribution in [2.24, 2.45) is 0 Å². The maximum atomic E-state index is 12.3. The summed E-state index contributed by atoms with van der Waals surface area (Å²) in [4.78, 5) is 16.5. The van der Waals surface area contributed by atoms with E-state index in [1.54, 1.807) is 12.1 Å². The Kier molecular flexibility index (Phi) is 5.61. The van der Waals surface area contributed by atoms with Crippen molar-refractivity contribution in [2.75, 3.05) is 5.32 Å². The number of carbonyl (C=O) groups is 1. The number of carbonyl (C=O) groups excluding carboxylic acids is 1. The van der Waals surface area contributed by atoms with Crippen LogP contribution in [0.15, 0.2) is 53.9 Å². The van der Waals surface area contributed by atoms with Gasteiger partial charge in [0.1, 0.15) is 12.4 Å². The smallest absolute Gasteiger partial charge is 0.257 e. The number of anilines is 1. The first-order valence-corrected chi connectivity index (χ1v) is 9.75. The van der Waals surface area contributed by atoms with Crippen molar-refractivity contribution < 1.29 is 9.53 Å². The Labute approximate surface area is 164 Å². The summed E-state index contributed by atoms with van der Waals surface area (Å²) >= 11 is 1.42. The van der Waals surface area contributed by atoms with Crippen LogP contribution in [0.5, 0.6) is 5.75 Å². The van der Waals surface area contributed by atoms with Gasteiger partial charge in [0.2, 0.25) is 0 Å². The fourth-order valence-corrected chi connectivity index (χ4v) is 3.23. The lowest BCUT2D eigenvalue weighted by Crippen LogP contribution is -2.11. The summed E-state index contributed by atoms with van der Waals surface area (Å²) in [6.07, 6.45) is 0. The van der Waals surface area contributed by atoms with Crippen LogP contribution in [-0.2, 0) is 12.0 Å². The molecular weight excluding hydrogens is 356 g/mol. The molecule has 0 aliphatic heterocycles. The summed E-state index contributed by atoms with van der Waals surface area (Å²) in [5, 5.41) is 5.33. The molecule has 0 radical (unpaired) electrons. The first kappa shape index (κ1) is 19.1. The highest BCUT2D eigenvalue weighted by Crippen LogP contribution is 2.24. The lowest BCUT2D eigenvalue weighted by molar-refractivity contribution is 0.102. The predicted molar refractivity (Wildman–Crippen MR) is 111 cm³/mol. The first-order valence-electron chi connectivity index (χ1n) is 8.87.